The number of hydrogen-bond donors (Lipinski definition) is 1. The third-order valence-electron chi connectivity index (χ3n) is 2.01. The lowest BCUT2D eigenvalue weighted by atomic mass is 10.2. The number of hydroxylamine groups is 1. The second-order valence-electron chi connectivity index (χ2n) is 2.99. The van der Waals surface area contributed by atoms with Crippen molar-refractivity contribution in [1.29, 1.82) is 0 Å². The third kappa shape index (κ3) is 1.88. The molecule has 1 aliphatic rings. The van der Waals surface area contributed by atoms with E-state index in [-0.39, 0.29) is 0 Å². The van der Waals surface area contributed by atoms with Gasteiger partial charge in [-0.25, -0.2) is 0 Å². The summed E-state index contributed by atoms with van der Waals surface area (Å²) in [6.07, 6.45) is 1.07. The van der Waals surface area contributed by atoms with Crippen LogP contribution >= 0.6 is 22.6 Å². The summed E-state index contributed by atoms with van der Waals surface area (Å²) in [4.78, 5) is 5.41. The van der Waals surface area contributed by atoms with Gasteiger partial charge in [0.25, 0.3) is 0 Å². The molecular weight excluding hydrogens is 279 g/mol. The predicted octanol–water partition coefficient (Wildman–Crippen LogP) is 2.02. The van der Waals surface area contributed by atoms with E-state index in [1.165, 1.54) is 0 Å². The van der Waals surface area contributed by atoms with E-state index in [1.807, 2.05) is 23.3 Å². The van der Waals surface area contributed by atoms with Crippen LogP contribution in [0.4, 0.5) is 11.4 Å². The minimum absolute atomic E-state index is 0.786. The lowest BCUT2D eigenvalue weighted by molar-refractivity contribution is 0.168. The number of nitrogen functional groups attached to an aromatic ring is 1. The SMILES string of the molecule is Nc1cc(I)ccc1N1CCCO1. The summed E-state index contributed by atoms with van der Waals surface area (Å²) in [7, 11) is 0. The first-order valence-corrected chi connectivity index (χ1v) is 5.31. The molecule has 1 aromatic rings. The van der Waals surface area contributed by atoms with Crippen LogP contribution in [0.15, 0.2) is 18.2 Å². The van der Waals surface area contributed by atoms with Gasteiger partial charge in [0.1, 0.15) is 0 Å². The Morgan fingerprint density at radius 3 is 2.92 bits per heavy atom. The standard InChI is InChI=1S/C9H11IN2O/c10-7-2-3-9(8(11)6-7)12-4-1-5-13-12/h2-3,6H,1,4-5,11H2. The van der Waals surface area contributed by atoms with Gasteiger partial charge < -0.3 is 5.73 Å². The molecule has 2 N–H and O–H groups in total. The molecule has 0 bridgehead atoms. The molecule has 1 aliphatic heterocycles. The summed E-state index contributed by atoms with van der Waals surface area (Å²) in [5.74, 6) is 0. The van der Waals surface area contributed by atoms with Crippen LogP contribution in [0.1, 0.15) is 6.42 Å². The van der Waals surface area contributed by atoms with Gasteiger partial charge in [0, 0.05) is 10.1 Å². The summed E-state index contributed by atoms with van der Waals surface area (Å²) >= 11 is 2.25. The number of nitrogens with two attached hydrogens (primary N) is 1. The zero-order valence-electron chi connectivity index (χ0n) is 7.16. The Morgan fingerprint density at radius 1 is 1.46 bits per heavy atom. The van der Waals surface area contributed by atoms with Crippen molar-refractivity contribution in [3.05, 3.63) is 21.8 Å². The van der Waals surface area contributed by atoms with Crippen molar-refractivity contribution in [3.8, 4) is 0 Å². The Bertz CT molecular complexity index is 310. The molecular formula is C9H11IN2O. The molecule has 0 aromatic heterocycles. The molecule has 1 heterocycles. The van der Waals surface area contributed by atoms with Gasteiger partial charge in [0.15, 0.2) is 0 Å². The van der Waals surface area contributed by atoms with Gasteiger partial charge in [0.05, 0.1) is 18.0 Å². The molecule has 0 amide bonds. The maximum atomic E-state index is 5.87. The lowest BCUT2D eigenvalue weighted by Crippen LogP contribution is -2.17. The van der Waals surface area contributed by atoms with E-state index in [9.17, 15) is 0 Å². The summed E-state index contributed by atoms with van der Waals surface area (Å²) < 4.78 is 1.15. The van der Waals surface area contributed by atoms with Gasteiger partial charge in [-0.1, -0.05) is 0 Å². The fourth-order valence-electron chi connectivity index (χ4n) is 1.39. The number of hydrogen-bond acceptors (Lipinski definition) is 3. The molecule has 0 spiro atoms. The van der Waals surface area contributed by atoms with Crippen LogP contribution in [0.25, 0.3) is 0 Å². The minimum Gasteiger partial charge on any atom is -0.397 e. The highest BCUT2D eigenvalue weighted by Gasteiger charge is 2.15. The van der Waals surface area contributed by atoms with Gasteiger partial charge in [0.2, 0.25) is 0 Å². The monoisotopic (exact) mass is 290 g/mol. The van der Waals surface area contributed by atoms with Crippen LogP contribution in [0.3, 0.4) is 0 Å². The van der Waals surface area contributed by atoms with E-state index in [0.717, 1.165) is 34.5 Å². The Labute approximate surface area is 90.9 Å². The molecule has 0 radical (unpaired) electrons. The first-order valence-electron chi connectivity index (χ1n) is 4.23. The maximum Gasteiger partial charge on any atom is 0.0866 e. The largest absolute Gasteiger partial charge is 0.397 e. The first-order chi connectivity index (χ1) is 6.27. The summed E-state index contributed by atoms with van der Waals surface area (Å²) in [6, 6.07) is 5.99. The second kappa shape index (κ2) is 3.71. The van der Waals surface area contributed by atoms with E-state index < -0.39 is 0 Å². The van der Waals surface area contributed by atoms with Crippen molar-refractivity contribution >= 4 is 34.0 Å². The molecule has 0 aliphatic carbocycles. The van der Waals surface area contributed by atoms with Crippen molar-refractivity contribution in [2.24, 2.45) is 0 Å². The summed E-state index contributed by atoms with van der Waals surface area (Å²) in [6.45, 7) is 1.73. The Morgan fingerprint density at radius 2 is 2.31 bits per heavy atom. The molecule has 0 unspecified atom stereocenters. The third-order valence-corrected chi connectivity index (χ3v) is 2.68. The topological polar surface area (TPSA) is 38.5 Å². The highest BCUT2D eigenvalue weighted by Crippen LogP contribution is 2.27. The van der Waals surface area contributed by atoms with Crippen molar-refractivity contribution in [2.75, 3.05) is 23.9 Å². The van der Waals surface area contributed by atoms with Crippen LogP contribution < -0.4 is 10.8 Å². The molecule has 1 saturated heterocycles. The van der Waals surface area contributed by atoms with E-state index >= 15 is 0 Å². The van der Waals surface area contributed by atoms with Crippen LogP contribution in [-0.4, -0.2) is 13.2 Å². The quantitative estimate of drug-likeness (QED) is 0.635. The van der Waals surface area contributed by atoms with Crippen molar-refractivity contribution in [3.63, 3.8) is 0 Å². The van der Waals surface area contributed by atoms with Crippen LogP contribution in [0.5, 0.6) is 0 Å². The first kappa shape index (κ1) is 9.08. The number of anilines is 2. The van der Waals surface area contributed by atoms with Gasteiger partial charge in [-0.05, 0) is 47.2 Å². The summed E-state index contributed by atoms with van der Waals surface area (Å²) in [5, 5.41) is 1.87. The smallest absolute Gasteiger partial charge is 0.0866 e. The predicted molar refractivity (Wildman–Crippen MR) is 61.5 cm³/mol. The molecule has 0 saturated carbocycles. The molecule has 2 rings (SSSR count). The van der Waals surface area contributed by atoms with E-state index in [4.69, 9.17) is 10.6 Å². The Balaban J connectivity index is 2.29. The molecule has 13 heavy (non-hydrogen) atoms. The number of benzene rings is 1. The van der Waals surface area contributed by atoms with Gasteiger partial charge in [-0.2, -0.15) is 0 Å². The number of rotatable bonds is 1. The van der Waals surface area contributed by atoms with E-state index in [2.05, 4.69) is 22.6 Å². The van der Waals surface area contributed by atoms with Crippen molar-refractivity contribution in [1.82, 2.24) is 0 Å². The van der Waals surface area contributed by atoms with Crippen molar-refractivity contribution < 1.29 is 4.84 Å². The Hall–Kier alpha value is -0.490. The lowest BCUT2D eigenvalue weighted by Gasteiger charge is -2.17. The fourth-order valence-corrected chi connectivity index (χ4v) is 1.91. The van der Waals surface area contributed by atoms with Crippen LogP contribution in [0, 0.1) is 3.57 Å². The molecule has 70 valence electrons. The number of nitrogens with zero attached hydrogens (tertiary/aromatic N) is 1. The molecule has 1 aromatic carbocycles. The Kier molecular flexibility index (Phi) is 2.59. The molecule has 0 atom stereocenters. The minimum atomic E-state index is 0.786. The zero-order chi connectivity index (χ0) is 9.26. The van der Waals surface area contributed by atoms with Gasteiger partial charge >= 0.3 is 0 Å². The van der Waals surface area contributed by atoms with Gasteiger partial charge in [-0.3, -0.25) is 9.90 Å². The molecule has 1 fully saturated rings. The van der Waals surface area contributed by atoms with Crippen LogP contribution in [0.2, 0.25) is 0 Å². The number of halogens is 1. The second-order valence-corrected chi connectivity index (χ2v) is 4.24. The maximum absolute atomic E-state index is 5.87. The highest BCUT2D eigenvalue weighted by molar-refractivity contribution is 14.1. The molecule has 4 heteroatoms. The van der Waals surface area contributed by atoms with E-state index in [1.54, 1.807) is 0 Å². The molecule has 3 nitrogen and oxygen atoms in total. The average Bonchev–Trinajstić information content (AvgIpc) is 2.56. The fraction of sp³-hybridized carbons (Fsp3) is 0.333. The summed E-state index contributed by atoms with van der Waals surface area (Å²) in [5.41, 5.74) is 7.64. The van der Waals surface area contributed by atoms with E-state index in [0.29, 0.717) is 0 Å². The van der Waals surface area contributed by atoms with Crippen molar-refractivity contribution in [2.45, 2.75) is 6.42 Å². The van der Waals surface area contributed by atoms with Crippen LogP contribution in [-0.2, 0) is 4.84 Å². The zero-order valence-corrected chi connectivity index (χ0v) is 9.32. The highest BCUT2D eigenvalue weighted by atomic mass is 127. The van der Waals surface area contributed by atoms with Gasteiger partial charge in [-0.15, -0.1) is 0 Å². The average molecular weight is 290 g/mol. The normalized spacial score (nSPS) is 16.5.